The molecule has 15 heteroatoms. The van der Waals surface area contributed by atoms with Gasteiger partial charge in [0.2, 0.25) is 11.8 Å². The van der Waals surface area contributed by atoms with Gasteiger partial charge in [0.15, 0.2) is 5.82 Å². The van der Waals surface area contributed by atoms with Crippen molar-refractivity contribution in [3.8, 4) is 11.4 Å². The summed E-state index contributed by atoms with van der Waals surface area (Å²) in [5.41, 5.74) is 4.13. The number of fused-ring (bicyclic) bond motifs is 4. The first kappa shape index (κ1) is 36.5. The van der Waals surface area contributed by atoms with Gasteiger partial charge in [0, 0.05) is 34.8 Å². The highest BCUT2D eigenvalue weighted by molar-refractivity contribution is 6.30. The van der Waals surface area contributed by atoms with Gasteiger partial charge in [0.05, 0.1) is 42.7 Å². The Balaban J connectivity index is 0.964. The molecule has 4 aromatic rings. The summed E-state index contributed by atoms with van der Waals surface area (Å²) in [6.45, 7) is 2.92. The number of carbonyl (C=O) groups is 5. The number of aromatic nitrogens is 3. The second-order valence-electron chi connectivity index (χ2n) is 13.3. The zero-order valence-electron chi connectivity index (χ0n) is 29.8. The molecule has 2 N–H and O–H groups in total. The molecule has 54 heavy (non-hydrogen) atoms. The van der Waals surface area contributed by atoms with Crippen LogP contribution in [-0.4, -0.2) is 81.3 Å². The van der Waals surface area contributed by atoms with E-state index in [1.165, 1.54) is 7.11 Å². The van der Waals surface area contributed by atoms with Crippen LogP contribution >= 0.6 is 11.6 Å². The highest BCUT2D eigenvalue weighted by Crippen LogP contribution is 2.35. The Morgan fingerprint density at radius 2 is 1.76 bits per heavy atom. The molecule has 2 atom stereocenters. The molecule has 1 unspecified atom stereocenters. The van der Waals surface area contributed by atoms with Crippen LogP contribution in [0.15, 0.2) is 65.7 Å². The molecule has 4 heterocycles. The Hall–Kier alpha value is -5.89. The summed E-state index contributed by atoms with van der Waals surface area (Å²) < 4.78 is 13.1. The molecule has 1 saturated heterocycles. The number of aliphatic imine (C=N–C) groups is 1. The van der Waals surface area contributed by atoms with Gasteiger partial charge in [0.1, 0.15) is 23.7 Å². The number of ether oxygens (including phenoxy) is 2. The van der Waals surface area contributed by atoms with E-state index in [1.807, 2.05) is 41.8 Å². The first-order valence-corrected chi connectivity index (χ1v) is 18.2. The van der Waals surface area contributed by atoms with Crippen LogP contribution in [0.1, 0.15) is 94.5 Å². The van der Waals surface area contributed by atoms with Crippen molar-refractivity contribution < 1.29 is 33.4 Å². The van der Waals surface area contributed by atoms with Gasteiger partial charge >= 0.3 is 5.97 Å². The smallest absolute Gasteiger partial charge is 0.308 e. The number of amides is 4. The minimum Gasteiger partial charge on any atom is -0.494 e. The third kappa shape index (κ3) is 7.21. The fourth-order valence-corrected chi connectivity index (χ4v) is 7.16. The third-order valence-corrected chi connectivity index (χ3v) is 9.98. The number of nitrogens with one attached hydrogen (secondary N) is 2. The van der Waals surface area contributed by atoms with Crippen LogP contribution in [0.2, 0.25) is 5.02 Å². The van der Waals surface area contributed by atoms with Crippen LogP contribution in [0.3, 0.4) is 0 Å². The van der Waals surface area contributed by atoms with Crippen LogP contribution in [-0.2, 0) is 19.1 Å². The molecular weight excluding hydrogens is 714 g/mol. The number of anilines is 1. The number of halogens is 1. The molecule has 1 aromatic heterocycles. The predicted octanol–water partition coefficient (Wildman–Crippen LogP) is 5.14. The number of rotatable bonds is 13. The molecular formula is C39H38ClN7O7. The molecule has 3 aliphatic heterocycles. The van der Waals surface area contributed by atoms with Crippen molar-refractivity contribution in [1.82, 2.24) is 25.0 Å². The van der Waals surface area contributed by atoms with E-state index >= 15 is 0 Å². The Labute approximate surface area is 315 Å². The summed E-state index contributed by atoms with van der Waals surface area (Å²) in [5.74, 6) is -0.663. The van der Waals surface area contributed by atoms with Gasteiger partial charge in [-0.05, 0) is 68.7 Å². The summed E-state index contributed by atoms with van der Waals surface area (Å²) in [7, 11) is 1.35. The highest BCUT2D eigenvalue weighted by atomic mass is 35.5. The van der Waals surface area contributed by atoms with E-state index in [-0.39, 0.29) is 30.4 Å². The van der Waals surface area contributed by atoms with E-state index in [1.54, 1.807) is 30.3 Å². The normalized spacial score (nSPS) is 17.6. The van der Waals surface area contributed by atoms with Gasteiger partial charge in [-0.15, -0.1) is 10.2 Å². The predicted molar refractivity (Wildman–Crippen MR) is 198 cm³/mol. The summed E-state index contributed by atoms with van der Waals surface area (Å²) in [6.07, 6.45) is 3.59. The lowest BCUT2D eigenvalue weighted by Crippen LogP contribution is -2.54. The van der Waals surface area contributed by atoms with Crippen molar-refractivity contribution in [2.75, 3.05) is 25.6 Å². The lowest BCUT2D eigenvalue weighted by Gasteiger charge is -2.27. The topological polar surface area (TPSA) is 174 Å². The van der Waals surface area contributed by atoms with Crippen molar-refractivity contribution in [2.24, 2.45) is 4.99 Å². The fourth-order valence-electron chi connectivity index (χ4n) is 7.04. The van der Waals surface area contributed by atoms with Crippen LogP contribution < -0.4 is 15.4 Å². The highest BCUT2D eigenvalue weighted by Gasteiger charge is 2.45. The largest absolute Gasteiger partial charge is 0.494 e. The number of methoxy groups -OCH3 is 1. The number of hydrogen-bond donors (Lipinski definition) is 2. The van der Waals surface area contributed by atoms with E-state index < -0.39 is 41.7 Å². The molecule has 0 radical (unpaired) electrons. The second-order valence-corrected chi connectivity index (χ2v) is 13.7. The van der Waals surface area contributed by atoms with E-state index in [4.69, 9.17) is 26.1 Å². The monoisotopic (exact) mass is 751 g/mol. The van der Waals surface area contributed by atoms with Gasteiger partial charge < -0.3 is 14.8 Å². The van der Waals surface area contributed by atoms with Crippen LogP contribution in [0.4, 0.5) is 5.69 Å². The van der Waals surface area contributed by atoms with Crippen molar-refractivity contribution in [3.63, 3.8) is 0 Å². The van der Waals surface area contributed by atoms with Gasteiger partial charge in [-0.25, -0.2) is 0 Å². The zero-order valence-corrected chi connectivity index (χ0v) is 30.5. The number of nitrogens with zero attached hydrogens (tertiary/aromatic N) is 5. The van der Waals surface area contributed by atoms with E-state index in [0.717, 1.165) is 47.4 Å². The maximum absolute atomic E-state index is 13.3. The number of piperidine rings is 1. The molecule has 3 aliphatic rings. The van der Waals surface area contributed by atoms with Crippen molar-refractivity contribution in [3.05, 3.63) is 99.6 Å². The molecule has 0 spiro atoms. The quantitative estimate of drug-likeness (QED) is 0.106. The minimum absolute atomic E-state index is 0.00685. The number of unbranched alkanes of at least 4 members (excludes halogenated alkanes) is 3. The van der Waals surface area contributed by atoms with Crippen LogP contribution in [0, 0.1) is 6.92 Å². The number of hydrogen-bond acceptors (Lipinski definition) is 11. The summed E-state index contributed by atoms with van der Waals surface area (Å²) in [4.78, 5) is 68.9. The maximum Gasteiger partial charge on any atom is 0.308 e. The van der Waals surface area contributed by atoms with Crippen molar-refractivity contribution >= 4 is 52.6 Å². The van der Waals surface area contributed by atoms with E-state index in [9.17, 15) is 24.0 Å². The second kappa shape index (κ2) is 15.6. The maximum atomic E-state index is 13.3. The Morgan fingerprint density at radius 1 is 0.963 bits per heavy atom. The number of benzene rings is 3. The van der Waals surface area contributed by atoms with Crippen LogP contribution in [0.5, 0.6) is 5.75 Å². The number of esters is 1. The number of imide groups is 2. The van der Waals surface area contributed by atoms with E-state index in [0.29, 0.717) is 47.0 Å². The number of carbonyl (C=O) groups excluding carboxylic acids is 5. The van der Waals surface area contributed by atoms with Crippen LogP contribution in [0.25, 0.3) is 5.69 Å². The average Bonchev–Trinajstić information content (AvgIpc) is 3.62. The first-order valence-electron chi connectivity index (χ1n) is 17.8. The first-order chi connectivity index (χ1) is 26.1. The number of aryl methyl sites for hydroxylation is 1. The third-order valence-electron chi connectivity index (χ3n) is 9.73. The molecule has 4 amide bonds. The van der Waals surface area contributed by atoms with Gasteiger partial charge in [-0.2, -0.15) is 0 Å². The molecule has 0 saturated carbocycles. The summed E-state index contributed by atoms with van der Waals surface area (Å²) >= 11 is 6.22. The molecule has 0 aliphatic carbocycles. The lowest BCUT2D eigenvalue weighted by molar-refractivity contribution is -0.141. The average molecular weight is 752 g/mol. The lowest BCUT2D eigenvalue weighted by atomic mass is 10.00. The van der Waals surface area contributed by atoms with Gasteiger partial charge in [-0.1, -0.05) is 42.6 Å². The molecule has 7 rings (SSSR count). The minimum atomic E-state index is -1.01. The molecule has 14 nitrogen and oxygen atoms in total. The standard InChI is InChI=1S/C39H38ClN7O7/c1-22-44-45-36-29(21-33(49)53-2)42-35(23-10-12-24(40)13-11-23)27-20-25(14-15-30(27)46(22)36)54-19-6-4-3-5-18-41-28-9-7-8-26-34(28)39(52)47(38(26)51)31-16-17-32(48)43-37(31)50/h7-15,20,29,31,41H,3-6,16-19,21H2,1-2H3,(H,43,48,50)/t29-,31?/m0/s1. The van der Waals surface area contributed by atoms with Crippen molar-refractivity contribution in [2.45, 2.75) is 64.0 Å². The molecule has 0 bridgehead atoms. The Morgan fingerprint density at radius 3 is 2.54 bits per heavy atom. The SMILES string of the molecule is COC(=O)C[C@@H]1N=C(c2ccc(Cl)cc2)c2cc(OCCCCCCNc3cccc4c3C(=O)N(C3CCC(=O)NC3=O)C4=O)ccc2-n2c(C)nnc21. The zero-order chi connectivity index (χ0) is 37.9. The van der Waals surface area contributed by atoms with Gasteiger partial charge in [0.25, 0.3) is 11.8 Å². The van der Waals surface area contributed by atoms with Crippen molar-refractivity contribution in [1.29, 1.82) is 0 Å². The fraction of sp³-hybridized carbons (Fsp3) is 0.333. The summed E-state index contributed by atoms with van der Waals surface area (Å²) in [6, 6.07) is 16.6. The van der Waals surface area contributed by atoms with E-state index in [2.05, 4.69) is 20.8 Å². The molecule has 3 aromatic carbocycles. The Bertz CT molecular complexity index is 2180. The van der Waals surface area contributed by atoms with Gasteiger partial charge in [-0.3, -0.25) is 43.7 Å². The molecule has 1 fully saturated rings. The summed E-state index contributed by atoms with van der Waals surface area (Å²) in [5, 5.41) is 14.8. The molecule has 278 valence electrons. The Kier molecular flexibility index (Phi) is 10.5.